The van der Waals surface area contributed by atoms with Crippen LogP contribution in [0.4, 0.5) is 5.82 Å². The van der Waals surface area contributed by atoms with Crippen molar-refractivity contribution in [3.8, 4) is 28.8 Å². The van der Waals surface area contributed by atoms with E-state index in [1.54, 1.807) is 50.0 Å². The smallest absolute Gasteiger partial charge is 0.255 e. The SMILES string of the molecule is COc1ccc(C(=O)N2[C@@H]3CC[C@H]2[C@H]2CN(c4ccc(-c5cc(OCC(C)(C)O)cn6ncc(C#N)c56)cn4)C[C@H]23)cn1. The maximum Gasteiger partial charge on any atom is 0.255 e. The molecule has 0 saturated carbocycles. The lowest BCUT2D eigenvalue weighted by atomic mass is 9.82. The van der Waals surface area contributed by atoms with E-state index in [0.717, 1.165) is 42.9 Å². The highest BCUT2D eigenvalue weighted by molar-refractivity contribution is 5.95. The van der Waals surface area contributed by atoms with Crippen LogP contribution in [-0.2, 0) is 0 Å². The molecule has 0 spiro atoms. The summed E-state index contributed by atoms with van der Waals surface area (Å²) >= 11 is 0. The topological polar surface area (TPSA) is 129 Å². The van der Waals surface area contributed by atoms with Crippen molar-refractivity contribution < 1.29 is 19.4 Å². The Morgan fingerprint density at radius 1 is 1.09 bits per heavy atom. The number of anilines is 1. The number of methoxy groups -OCH3 is 1. The van der Waals surface area contributed by atoms with Crippen molar-refractivity contribution in [1.29, 1.82) is 5.26 Å². The van der Waals surface area contributed by atoms with Crippen molar-refractivity contribution in [3.05, 3.63) is 66.2 Å². The number of aromatic nitrogens is 4. The van der Waals surface area contributed by atoms with E-state index in [1.165, 1.54) is 6.20 Å². The zero-order valence-corrected chi connectivity index (χ0v) is 24.3. The summed E-state index contributed by atoms with van der Waals surface area (Å²) in [6.45, 7) is 5.19. The van der Waals surface area contributed by atoms with Crippen LogP contribution in [0.15, 0.2) is 55.1 Å². The quantitative estimate of drug-likeness (QED) is 0.349. The molecule has 2 bridgehead atoms. The Morgan fingerprint density at radius 3 is 2.47 bits per heavy atom. The Morgan fingerprint density at radius 2 is 1.86 bits per heavy atom. The molecule has 0 aliphatic carbocycles. The molecule has 7 heterocycles. The first-order valence-electron chi connectivity index (χ1n) is 14.5. The lowest BCUT2D eigenvalue weighted by Gasteiger charge is -2.27. The first-order chi connectivity index (χ1) is 20.7. The summed E-state index contributed by atoms with van der Waals surface area (Å²) in [5.41, 5.74) is 2.36. The number of ether oxygens (including phenoxy) is 2. The lowest BCUT2D eigenvalue weighted by Crippen LogP contribution is -2.40. The molecule has 4 aromatic heterocycles. The molecule has 43 heavy (non-hydrogen) atoms. The maximum absolute atomic E-state index is 13.5. The third kappa shape index (κ3) is 4.72. The fourth-order valence-electron chi connectivity index (χ4n) is 7.11. The summed E-state index contributed by atoms with van der Waals surface area (Å²) < 4.78 is 12.6. The Balaban J connectivity index is 1.10. The van der Waals surface area contributed by atoms with Gasteiger partial charge in [0, 0.05) is 66.6 Å². The second-order valence-corrected chi connectivity index (χ2v) is 12.3. The van der Waals surface area contributed by atoms with E-state index in [9.17, 15) is 15.2 Å². The van der Waals surface area contributed by atoms with E-state index < -0.39 is 5.60 Å². The molecule has 3 aliphatic rings. The average molecular weight is 580 g/mol. The second kappa shape index (κ2) is 10.2. The van der Waals surface area contributed by atoms with Gasteiger partial charge in [0.05, 0.1) is 41.7 Å². The number of amides is 1. The second-order valence-electron chi connectivity index (χ2n) is 12.3. The van der Waals surface area contributed by atoms with E-state index in [0.29, 0.717) is 40.1 Å². The molecule has 1 N–H and O–H groups in total. The standard InChI is InChI=1S/C32H33N7O4/c1-32(2,41)18-43-22-10-23(30-21(11-33)14-36-38(30)15-22)19-4-8-28(34-12-19)37-16-24-25(17-37)27-7-6-26(24)39(27)31(40)20-5-9-29(42-3)35-13-20/h4-5,8-10,12-15,24-27,41H,6-7,16-18H2,1-3H3/t24-,25+,26-,27+. The predicted molar refractivity (Wildman–Crippen MR) is 158 cm³/mol. The van der Waals surface area contributed by atoms with Crippen LogP contribution in [0.2, 0.25) is 0 Å². The maximum atomic E-state index is 13.5. The molecule has 0 radical (unpaired) electrons. The minimum Gasteiger partial charge on any atom is -0.489 e. The Hall–Kier alpha value is -4.69. The van der Waals surface area contributed by atoms with E-state index >= 15 is 0 Å². The van der Waals surface area contributed by atoms with Gasteiger partial charge in [-0.1, -0.05) is 0 Å². The summed E-state index contributed by atoms with van der Waals surface area (Å²) in [5, 5.41) is 24.2. The molecule has 3 aliphatic heterocycles. The summed E-state index contributed by atoms with van der Waals surface area (Å²) in [4.78, 5) is 27.0. The van der Waals surface area contributed by atoms with Gasteiger partial charge in [-0.25, -0.2) is 14.5 Å². The summed E-state index contributed by atoms with van der Waals surface area (Å²) in [6.07, 6.45) is 8.74. The molecule has 4 aromatic rings. The molecular formula is C32H33N7O4. The van der Waals surface area contributed by atoms with Crippen LogP contribution < -0.4 is 14.4 Å². The molecule has 11 nitrogen and oxygen atoms in total. The van der Waals surface area contributed by atoms with E-state index in [2.05, 4.69) is 26.0 Å². The molecule has 3 fully saturated rings. The molecular weight excluding hydrogens is 546 g/mol. The average Bonchev–Trinajstić information content (AvgIpc) is 3.79. The third-order valence-corrected chi connectivity index (χ3v) is 8.98. The molecule has 0 unspecified atom stereocenters. The van der Waals surface area contributed by atoms with Gasteiger partial charge in [0.25, 0.3) is 5.91 Å². The molecule has 11 heteroatoms. The highest BCUT2D eigenvalue weighted by Crippen LogP contribution is 2.50. The highest BCUT2D eigenvalue weighted by atomic mass is 16.5. The highest BCUT2D eigenvalue weighted by Gasteiger charge is 2.58. The van der Waals surface area contributed by atoms with Crippen LogP contribution in [0.5, 0.6) is 11.6 Å². The van der Waals surface area contributed by atoms with Gasteiger partial charge in [0.15, 0.2) is 0 Å². The van der Waals surface area contributed by atoms with Gasteiger partial charge in [-0.15, -0.1) is 0 Å². The molecule has 0 aromatic carbocycles. The number of carbonyl (C=O) groups excluding carboxylic acids is 1. The third-order valence-electron chi connectivity index (χ3n) is 8.98. The summed E-state index contributed by atoms with van der Waals surface area (Å²) in [6, 6.07) is 12.1. The number of carbonyl (C=O) groups is 1. The van der Waals surface area contributed by atoms with Crippen LogP contribution in [0.25, 0.3) is 16.6 Å². The van der Waals surface area contributed by atoms with Crippen molar-refractivity contribution in [2.45, 2.75) is 44.4 Å². The lowest BCUT2D eigenvalue weighted by molar-refractivity contribution is 0.0283. The van der Waals surface area contributed by atoms with Gasteiger partial charge in [0.1, 0.15) is 24.2 Å². The summed E-state index contributed by atoms with van der Waals surface area (Å²) in [7, 11) is 1.57. The van der Waals surface area contributed by atoms with Gasteiger partial charge in [0.2, 0.25) is 5.88 Å². The zero-order valence-electron chi connectivity index (χ0n) is 24.3. The Kier molecular flexibility index (Phi) is 6.47. The van der Waals surface area contributed by atoms with E-state index in [-0.39, 0.29) is 24.6 Å². The van der Waals surface area contributed by atoms with E-state index in [4.69, 9.17) is 14.5 Å². The molecule has 7 rings (SSSR count). The first kappa shape index (κ1) is 27.2. The number of pyridine rings is 3. The van der Waals surface area contributed by atoms with Crippen LogP contribution in [-0.4, -0.2) is 80.0 Å². The van der Waals surface area contributed by atoms with Crippen LogP contribution in [0.1, 0.15) is 42.6 Å². The Labute approximate surface area is 249 Å². The van der Waals surface area contributed by atoms with Gasteiger partial charge in [-0.05, 0) is 51.0 Å². The van der Waals surface area contributed by atoms with Crippen molar-refractivity contribution in [2.75, 3.05) is 31.7 Å². The van der Waals surface area contributed by atoms with E-state index in [1.807, 2.05) is 24.4 Å². The molecule has 1 amide bonds. The van der Waals surface area contributed by atoms with Crippen molar-refractivity contribution >= 4 is 17.2 Å². The number of hydrogen-bond acceptors (Lipinski definition) is 9. The van der Waals surface area contributed by atoms with Crippen molar-refractivity contribution in [2.24, 2.45) is 11.8 Å². The van der Waals surface area contributed by atoms with Gasteiger partial charge in [-0.2, -0.15) is 10.4 Å². The predicted octanol–water partition coefficient (Wildman–Crippen LogP) is 3.56. The summed E-state index contributed by atoms with van der Waals surface area (Å²) in [5.74, 6) is 2.80. The van der Waals surface area contributed by atoms with Crippen molar-refractivity contribution in [3.63, 3.8) is 0 Å². The van der Waals surface area contributed by atoms with Gasteiger partial charge in [-0.3, -0.25) is 4.79 Å². The number of nitriles is 1. The van der Waals surface area contributed by atoms with Crippen LogP contribution >= 0.6 is 0 Å². The normalized spacial score (nSPS) is 22.6. The van der Waals surface area contributed by atoms with Crippen molar-refractivity contribution in [1.82, 2.24) is 24.5 Å². The number of rotatable bonds is 7. The minimum atomic E-state index is -0.995. The molecule has 4 atom stereocenters. The fourth-order valence-corrected chi connectivity index (χ4v) is 7.11. The largest absolute Gasteiger partial charge is 0.489 e. The number of fused-ring (bicyclic) bond motifs is 6. The minimum absolute atomic E-state index is 0.0581. The van der Waals surface area contributed by atoms with Crippen LogP contribution in [0, 0.1) is 23.2 Å². The number of aliphatic hydroxyl groups is 1. The fraction of sp³-hybridized carbons (Fsp3) is 0.406. The number of nitrogens with zero attached hydrogens (tertiary/aromatic N) is 7. The Bertz CT molecular complexity index is 1700. The van der Waals surface area contributed by atoms with Crippen LogP contribution in [0.3, 0.4) is 0 Å². The first-order valence-corrected chi connectivity index (χ1v) is 14.5. The monoisotopic (exact) mass is 579 g/mol. The van der Waals surface area contributed by atoms with Gasteiger partial charge >= 0.3 is 0 Å². The van der Waals surface area contributed by atoms with Gasteiger partial charge < -0.3 is 24.4 Å². The molecule has 3 saturated heterocycles. The zero-order chi connectivity index (χ0) is 29.9. The molecule has 220 valence electrons. The number of hydrogen-bond donors (Lipinski definition) is 1.